The number of carbonyl (C=O) groups is 4. The molecule has 0 bridgehead atoms. The van der Waals surface area contributed by atoms with Crippen LogP contribution in [0.4, 0.5) is 0 Å². The van der Waals surface area contributed by atoms with Crippen LogP contribution in [0.2, 0.25) is 0 Å². The number of hydrogen-bond donors (Lipinski definition) is 0. The van der Waals surface area contributed by atoms with Crippen molar-refractivity contribution < 1.29 is 28.7 Å². The molecule has 2 heterocycles. The van der Waals surface area contributed by atoms with Crippen molar-refractivity contribution in [2.45, 2.75) is 28.2 Å². The monoisotopic (exact) mass is 448 g/mol. The van der Waals surface area contributed by atoms with Gasteiger partial charge in [-0.15, -0.1) is 23.5 Å². The van der Waals surface area contributed by atoms with E-state index in [0.29, 0.717) is 9.79 Å². The average Bonchev–Trinajstić information content (AvgIpc) is 3.20. The highest BCUT2D eigenvalue weighted by Gasteiger charge is 2.50. The maximum atomic E-state index is 12.6. The fourth-order valence-electron chi connectivity index (χ4n) is 2.71. The lowest BCUT2D eigenvalue weighted by Crippen LogP contribution is -2.33. The molecule has 0 N–H and O–H groups in total. The number of benzene rings is 1. The quantitative estimate of drug-likeness (QED) is 0.294. The molecule has 2 amide bonds. The number of hydrogen-bond acceptors (Lipinski definition) is 8. The second-order valence-electron chi connectivity index (χ2n) is 6.87. The molecule has 0 saturated carbocycles. The second-order valence-corrected chi connectivity index (χ2v) is 9.47. The Bertz CT molecular complexity index is 928. The SMILES string of the molecule is C=C(C)C(=O)Oc1ccc(OC(=O)C(=C)C)c2c1SC(C1C(=O)N(C)N(C)C1=O)S2. The van der Waals surface area contributed by atoms with Crippen molar-refractivity contribution in [2.75, 3.05) is 14.1 Å². The van der Waals surface area contributed by atoms with Gasteiger partial charge < -0.3 is 9.47 Å². The van der Waals surface area contributed by atoms with Crippen LogP contribution in [0.15, 0.2) is 46.2 Å². The Kier molecular flexibility index (Phi) is 6.00. The Morgan fingerprint density at radius 1 is 0.867 bits per heavy atom. The number of carbonyl (C=O) groups excluding carboxylic acids is 4. The number of esters is 2. The van der Waals surface area contributed by atoms with Gasteiger partial charge in [0.05, 0.1) is 14.4 Å². The van der Waals surface area contributed by atoms with Crippen molar-refractivity contribution in [3.8, 4) is 11.5 Å². The summed E-state index contributed by atoms with van der Waals surface area (Å²) in [6, 6.07) is 3.01. The van der Waals surface area contributed by atoms with Gasteiger partial charge in [0, 0.05) is 25.2 Å². The summed E-state index contributed by atoms with van der Waals surface area (Å²) in [5, 5.41) is 2.53. The maximum Gasteiger partial charge on any atom is 0.338 e. The summed E-state index contributed by atoms with van der Waals surface area (Å²) in [6.45, 7) is 10.2. The molecule has 0 aliphatic carbocycles. The van der Waals surface area contributed by atoms with Crippen molar-refractivity contribution in [2.24, 2.45) is 5.92 Å². The van der Waals surface area contributed by atoms with E-state index in [-0.39, 0.29) is 34.5 Å². The third kappa shape index (κ3) is 3.84. The lowest BCUT2D eigenvalue weighted by atomic mass is 10.2. The number of amides is 2. The molecular weight excluding hydrogens is 428 g/mol. The van der Waals surface area contributed by atoms with Crippen LogP contribution in [0.5, 0.6) is 11.5 Å². The largest absolute Gasteiger partial charge is 0.422 e. The number of hydrazine groups is 1. The first-order valence-electron chi connectivity index (χ1n) is 8.83. The van der Waals surface area contributed by atoms with Gasteiger partial charge in [-0.05, 0) is 26.0 Å². The summed E-state index contributed by atoms with van der Waals surface area (Å²) < 4.78 is 10.3. The van der Waals surface area contributed by atoms with E-state index in [9.17, 15) is 19.2 Å². The molecule has 2 aliphatic heterocycles. The van der Waals surface area contributed by atoms with Gasteiger partial charge in [-0.2, -0.15) is 0 Å². The fraction of sp³-hybridized carbons (Fsp3) is 0.300. The zero-order chi connectivity index (χ0) is 22.3. The van der Waals surface area contributed by atoms with Gasteiger partial charge in [-0.25, -0.2) is 9.59 Å². The van der Waals surface area contributed by atoms with Gasteiger partial charge in [0.15, 0.2) is 0 Å². The summed E-state index contributed by atoms with van der Waals surface area (Å²) in [7, 11) is 3.05. The summed E-state index contributed by atoms with van der Waals surface area (Å²) in [6.07, 6.45) is 0. The molecule has 1 saturated heterocycles. The molecule has 8 nitrogen and oxygen atoms in total. The first-order chi connectivity index (χ1) is 14.0. The van der Waals surface area contributed by atoms with Crippen molar-refractivity contribution in [1.29, 1.82) is 0 Å². The van der Waals surface area contributed by atoms with Gasteiger partial charge in [0.1, 0.15) is 17.4 Å². The minimum Gasteiger partial charge on any atom is -0.422 e. The minimum atomic E-state index is -0.920. The van der Waals surface area contributed by atoms with Crippen LogP contribution in [0.25, 0.3) is 0 Å². The predicted molar refractivity (Wildman–Crippen MR) is 112 cm³/mol. The van der Waals surface area contributed by atoms with Gasteiger partial charge in [-0.1, -0.05) is 13.2 Å². The number of thioether (sulfide) groups is 2. The van der Waals surface area contributed by atoms with Crippen LogP contribution in [0.3, 0.4) is 0 Å². The van der Waals surface area contributed by atoms with Crippen LogP contribution < -0.4 is 9.47 Å². The Morgan fingerprint density at radius 2 is 1.23 bits per heavy atom. The van der Waals surface area contributed by atoms with E-state index >= 15 is 0 Å². The van der Waals surface area contributed by atoms with Crippen LogP contribution in [-0.2, 0) is 19.2 Å². The standard InChI is InChI=1S/C20H20N2O6S2/c1-9(2)18(25)27-11-7-8-12(28-19(26)10(3)4)15-14(11)29-20(30-15)13-16(23)21(5)22(6)17(13)24/h7-8,13,20H,1,3H2,2,4-6H3. The summed E-state index contributed by atoms with van der Waals surface area (Å²) in [5.41, 5.74) is 0.441. The minimum absolute atomic E-state index is 0.220. The number of fused-ring (bicyclic) bond motifs is 1. The topological polar surface area (TPSA) is 93.2 Å². The van der Waals surface area contributed by atoms with Crippen LogP contribution >= 0.6 is 23.5 Å². The van der Waals surface area contributed by atoms with Gasteiger partial charge in [0.25, 0.3) is 11.8 Å². The van der Waals surface area contributed by atoms with Crippen LogP contribution in [0.1, 0.15) is 13.8 Å². The molecule has 1 aromatic rings. The molecule has 0 aromatic heterocycles. The molecule has 0 atom stereocenters. The van der Waals surface area contributed by atoms with E-state index in [0.717, 1.165) is 0 Å². The van der Waals surface area contributed by atoms with Gasteiger partial charge in [-0.3, -0.25) is 19.6 Å². The molecule has 2 aliphatic rings. The highest BCUT2D eigenvalue weighted by molar-refractivity contribution is 8.19. The predicted octanol–water partition coefficient (Wildman–Crippen LogP) is 2.64. The highest BCUT2D eigenvalue weighted by atomic mass is 32.2. The zero-order valence-corrected chi connectivity index (χ0v) is 18.5. The van der Waals surface area contributed by atoms with Crippen molar-refractivity contribution in [1.82, 2.24) is 10.0 Å². The lowest BCUT2D eigenvalue weighted by Gasteiger charge is -2.17. The molecular formula is C20H20N2O6S2. The molecule has 3 rings (SSSR count). The van der Waals surface area contributed by atoms with Crippen LogP contribution in [0, 0.1) is 5.92 Å². The highest BCUT2D eigenvalue weighted by Crippen LogP contribution is 2.58. The first-order valence-corrected chi connectivity index (χ1v) is 10.6. The average molecular weight is 449 g/mol. The van der Waals surface area contributed by atoms with E-state index in [2.05, 4.69) is 13.2 Å². The third-order valence-corrected chi connectivity index (χ3v) is 7.50. The van der Waals surface area contributed by atoms with Crippen molar-refractivity contribution >= 4 is 47.3 Å². The smallest absolute Gasteiger partial charge is 0.338 e. The van der Waals surface area contributed by atoms with E-state index in [1.165, 1.54) is 73.6 Å². The number of ether oxygens (including phenoxy) is 2. The molecule has 0 radical (unpaired) electrons. The Labute approximate surface area is 182 Å². The van der Waals surface area contributed by atoms with E-state index in [4.69, 9.17) is 9.47 Å². The second kappa shape index (κ2) is 8.19. The summed E-state index contributed by atoms with van der Waals surface area (Å²) >= 11 is 2.44. The van der Waals surface area contributed by atoms with E-state index < -0.39 is 22.4 Å². The fourth-order valence-corrected chi connectivity index (χ4v) is 5.84. The number of nitrogens with zero attached hydrogens (tertiary/aromatic N) is 2. The normalized spacial score (nSPS) is 16.7. The molecule has 1 aromatic carbocycles. The molecule has 10 heteroatoms. The molecule has 0 spiro atoms. The molecule has 0 unspecified atom stereocenters. The lowest BCUT2D eigenvalue weighted by molar-refractivity contribution is -0.141. The van der Waals surface area contributed by atoms with Gasteiger partial charge in [0.2, 0.25) is 0 Å². The first kappa shape index (κ1) is 22.0. The molecule has 158 valence electrons. The Morgan fingerprint density at radius 3 is 1.57 bits per heavy atom. The van der Waals surface area contributed by atoms with Gasteiger partial charge >= 0.3 is 11.9 Å². The van der Waals surface area contributed by atoms with Crippen molar-refractivity contribution in [3.63, 3.8) is 0 Å². The summed E-state index contributed by atoms with van der Waals surface area (Å²) in [5.74, 6) is -2.31. The Hall–Kier alpha value is -2.72. The van der Waals surface area contributed by atoms with E-state index in [1.807, 2.05) is 0 Å². The Balaban J connectivity index is 1.99. The maximum absolute atomic E-state index is 12.6. The third-order valence-electron chi connectivity index (χ3n) is 4.50. The van der Waals surface area contributed by atoms with E-state index in [1.54, 1.807) is 0 Å². The molecule has 30 heavy (non-hydrogen) atoms. The molecule has 1 fully saturated rings. The van der Waals surface area contributed by atoms with Crippen LogP contribution in [-0.4, -0.2) is 52.4 Å². The zero-order valence-electron chi connectivity index (χ0n) is 16.9. The van der Waals surface area contributed by atoms with Crippen molar-refractivity contribution in [3.05, 3.63) is 36.4 Å². The number of rotatable bonds is 5. The summed E-state index contributed by atoms with van der Waals surface area (Å²) in [4.78, 5) is 50.3.